The van der Waals surface area contributed by atoms with Crippen LogP contribution in [0.2, 0.25) is 0 Å². The lowest BCUT2D eigenvalue weighted by molar-refractivity contribution is 0.696. The Kier molecular flexibility index (Phi) is 11.2. The van der Waals surface area contributed by atoms with Crippen molar-refractivity contribution >= 4 is 35.6 Å². The van der Waals surface area contributed by atoms with Gasteiger partial charge >= 0.3 is 0 Å². The van der Waals surface area contributed by atoms with Gasteiger partial charge in [-0.1, -0.05) is 49.4 Å². The zero-order valence-corrected chi connectivity index (χ0v) is 22.4. The summed E-state index contributed by atoms with van der Waals surface area (Å²) in [6.45, 7) is 7.14. The maximum absolute atomic E-state index is 4.85. The van der Waals surface area contributed by atoms with Crippen molar-refractivity contribution < 1.29 is 0 Å². The fourth-order valence-corrected chi connectivity index (χ4v) is 3.50. The quantitative estimate of drug-likeness (QED) is 0.169. The van der Waals surface area contributed by atoms with Crippen LogP contribution in [-0.4, -0.2) is 40.9 Å². The summed E-state index contributed by atoms with van der Waals surface area (Å²) in [6.07, 6.45) is 2.01. The van der Waals surface area contributed by atoms with Crippen LogP contribution in [0.4, 0.5) is 5.69 Å². The van der Waals surface area contributed by atoms with Crippen LogP contribution in [0.15, 0.2) is 59.6 Å². The SMILES string of the molecule is CCc1ccccc1CN=C(NCCCN(C)c1ccccc1)NCc1nnc(C)n1C.I. The van der Waals surface area contributed by atoms with Crippen molar-refractivity contribution in [1.82, 2.24) is 25.4 Å². The van der Waals surface area contributed by atoms with E-state index in [-0.39, 0.29) is 24.0 Å². The number of hydrogen-bond donors (Lipinski definition) is 2. The maximum Gasteiger partial charge on any atom is 0.191 e. The molecule has 0 unspecified atom stereocenters. The number of nitrogens with zero attached hydrogens (tertiary/aromatic N) is 5. The van der Waals surface area contributed by atoms with E-state index in [4.69, 9.17) is 4.99 Å². The highest BCUT2D eigenvalue weighted by Gasteiger charge is 2.07. The molecule has 7 nitrogen and oxygen atoms in total. The monoisotopic (exact) mass is 561 g/mol. The number of hydrogen-bond acceptors (Lipinski definition) is 4. The van der Waals surface area contributed by atoms with Crippen molar-refractivity contribution in [2.45, 2.75) is 39.8 Å². The zero-order valence-electron chi connectivity index (χ0n) is 20.1. The van der Waals surface area contributed by atoms with Crippen LogP contribution in [-0.2, 0) is 26.6 Å². The number of halogens is 1. The second-order valence-electron chi connectivity index (χ2n) is 7.90. The number of nitrogens with one attached hydrogen (secondary N) is 2. The number of para-hydroxylation sites is 1. The van der Waals surface area contributed by atoms with E-state index >= 15 is 0 Å². The molecular weight excluding hydrogens is 525 g/mol. The van der Waals surface area contributed by atoms with Gasteiger partial charge in [-0.2, -0.15) is 0 Å². The first-order valence-corrected chi connectivity index (χ1v) is 11.3. The summed E-state index contributed by atoms with van der Waals surface area (Å²) in [6, 6.07) is 18.9. The zero-order chi connectivity index (χ0) is 22.8. The lowest BCUT2D eigenvalue weighted by atomic mass is 10.1. The standard InChI is InChI=1S/C25H35N7.HI/c1-5-21-12-9-10-13-22(21)18-27-25(28-19-24-30-29-20(2)32(24)4)26-16-11-17-31(3)23-14-7-6-8-15-23;/h6-10,12-15H,5,11,16-19H2,1-4H3,(H2,26,27,28);1H. The van der Waals surface area contributed by atoms with Crippen molar-refractivity contribution in [3.8, 4) is 0 Å². The molecule has 0 spiro atoms. The van der Waals surface area contributed by atoms with Gasteiger partial charge in [-0.25, -0.2) is 4.99 Å². The molecule has 0 aliphatic rings. The van der Waals surface area contributed by atoms with Gasteiger partial charge in [0.05, 0.1) is 13.1 Å². The minimum Gasteiger partial charge on any atom is -0.375 e. The number of aliphatic imine (C=N–C) groups is 1. The van der Waals surface area contributed by atoms with Crippen molar-refractivity contribution in [2.24, 2.45) is 12.0 Å². The Morgan fingerprint density at radius 2 is 1.70 bits per heavy atom. The number of guanidine groups is 1. The Balaban J connectivity index is 0.00000385. The molecule has 1 heterocycles. The minimum atomic E-state index is 0. The van der Waals surface area contributed by atoms with Crippen LogP contribution >= 0.6 is 24.0 Å². The largest absolute Gasteiger partial charge is 0.375 e. The van der Waals surface area contributed by atoms with Gasteiger partial charge < -0.3 is 20.1 Å². The summed E-state index contributed by atoms with van der Waals surface area (Å²) < 4.78 is 1.99. The Bertz CT molecular complexity index is 1000. The van der Waals surface area contributed by atoms with E-state index in [1.165, 1.54) is 16.8 Å². The van der Waals surface area contributed by atoms with E-state index in [0.29, 0.717) is 13.1 Å². The summed E-state index contributed by atoms with van der Waals surface area (Å²) in [5.41, 5.74) is 3.83. The molecule has 0 saturated carbocycles. The number of aromatic nitrogens is 3. The third-order valence-corrected chi connectivity index (χ3v) is 5.66. The lowest BCUT2D eigenvalue weighted by Crippen LogP contribution is -2.39. The van der Waals surface area contributed by atoms with Gasteiger partial charge in [0.2, 0.25) is 0 Å². The van der Waals surface area contributed by atoms with Crippen LogP contribution in [0.5, 0.6) is 0 Å². The molecule has 1 aromatic heterocycles. The maximum atomic E-state index is 4.85. The third-order valence-electron chi connectivity index (χ3n) is 5.66. The molecular formula is C25H36IN7. The van der Waals surface area contributed by atoms with Gasteiger partial charge in [0.25, 0.3) is 0 Å². The average molecular weight is 562 g/mol. The molecule has 0 bridgehead atoms. The van der Waals surface area contributed by atoms with Crippen LogP contribution in [0.3, 0.4) is 0 Å². The molecule has 0 fully saturated rings. The molecule has 2 N–H and O–H groups in total. The number of benzene rings is 2. The lowest BCUT2D eigenvalue weighted by Gasteiger charge is -2.20. The molecule has 0 saturated heterocycles. The molecule has 0 aliphatic heterocycles. The second-order valence-corrected chi connectivity index (χ2v) is 7.90. The first kappa shape index (κ1) is 26.6. The molecule has 0 amide bonds. The van der Waals surface area contributed by atoms with Crippen LogP contribution in [0.25, 0.3) is 0 Å². The molecule has 0 atom stereocenters. The first-order chi connectivity index (χ1) is 15.6. The van der Waals surface area contributed by atoms with Gasteiger partial charge in [-0.3, -0.25) is 0 Å². The highest BCUT2D eigenvalue weighted by Crippen LogP contribution is 2.11. The summed E-state index contributed by atoms with van der Waals surface area (Å²) in [4.78, 5) is 7.12. The van der Waals surface area contributed by atoms with Crippen LogP contribution in [0.1, 0.15) is 36.1 Å². The smallest absolute Gasteiger partial charge is 0.191 e. The second kappa shape index (κ2) is 13.8. The van der Waals surface area contributed by atoms with Crippen LogP contribution < -0.4 is 15.5 Å². The van der Waals surface area contributed by atoms with Crippen molar-refractivity contribution in [3.05, 3.63) is 77.4 Å². The predicted molar refractivity (Wildman–Crippen MR) is 147 cm³/mol. The Morgan fingerprint density at radius 1 is 1.00 bits per heavy atom. The van der Waals surface area contributed by atoms with E-state index in [2.05, 4.69) is 88.2 Å². The Labute approximate surface area is 214 Å². The van der Waals surface area contributed by atoms with Gasteiger partial charge in [-0.15, -0.1) is 34.2 Å². The normalized spacial score (nSPS) is 11.1. The molecule has 8 heteroatoms. The summed E-state index contributed by atoms with van der Waals surface area (Å²) >= 11 is 0. The third kappa shape index (κ3) is 8.03. The molecule has 3 rings (SSSR count). The van der Waals surface area contributed by atoms with Gasteiger partial charge in [-0.05, 0) is 43.0 Å². The summed E-state index contributed by atoms with van der Waals surface area (Å²) in [7, 11) is 4.11. The Hall–Kier alpha value is -2.62. The number of aryl methyl sites for hydroxylation is 2. The van der Waals surface area contributed by atoms with E-state index in [9.17, 15) is 0 Å². The number of anilines is 1. The topological polar surface area (TPSA) is 70.4 Å². The first-order valence-electron chi connectivity index (χ1n) is 11.3. The number of rotatable bonds is 10. The average Bonchev–Trinajstić information content (AvgIpc) is 3.15. The van der Waals surface area contributed by atoms with Gasteiger partial charge in [0, 0.05) is 32.9 Å². The van der Waals surface area contributed by atoms with Gasteiger partial charge in [0.15, 0.2) is 11.8 Å². The van der Waals surface area contributed by atoms with Gasteiger partial charge in [0.1, 0.15) is 5.82 Å². The summed E-state index contributed by atoms with van der Waals surface area (Å²) in [5.74, 6) is 2.57. The van der Waals surface area contributed by atoms with E-state index in [1.54, 1.807) is 0 Å². The predicted octanol–water partition coefficient (Wildman–Crippen LogP) is 4.07. The van der Waals surface area contributed by atoms with Crippen LogP contribution in [0, 0.1) is 6.92 Å². The minimum absolute atomic E-state index is 0. The molecule has 3 aromatic rings. The molecule has 2 aromatic carbocycles. The van der Waals surface area contributed by atoms with E-state index in [0.717, 1.165) is 43.5 Å². The fourth-order valence-electron chi connectivity index (χ4n) is 3.50. The molecule has 0 aliphatic carbocycles. The fraction of sp³-hybridized carbons (Fsp3) is 0.400. The van der Waals surface area contributed by atoms with Crippen molar-refractivity contribution in [1.29, 1.82) is 0 Å². The van der Waals surface area contributed by atoms with Crippen molar-refractivity contribution in [3.63, 3.8) is 0 Å². The van der Waals surface area contributed by atoms with E-state index in [1.807, 2.05) is 24.6 Å². The Morgan fingerprint density at radius 3 is 2.36 bits per heavy atom. The molecule has 33 heavy (non-hydrogen) atoms. The van der Waals surface area contributed by atoms with E-state index < -0.39 is 0 Å². The highest BCUT2D eigenvalue weighted by atomic mass is 127. The molecule has 0 radical (unpaired) electrons. The summed E-state index contributed by atoms with van der Waals surface area (Å²) in [5, 5.41) is 15.3. The highest BCUT2D eigenvalue weighted by molar-refractivity contribution is 14.0. The molecule has 178 valence electrons. The van der Waals surface area contributed by atoms with Crippen molar-refractivity contribution in [2.75, 3.05) is 25.0 Å².